The third kappa shape index (κ3) is 5.50. The van der Waals surface area contributed by atoms with Gasteiger partial charge in [-0.2, -0.15) is 26.3 Å². The number of ether oxygens (including phenoxy) is 1. The zero-order valence-electron chi connectivity index (χ0n) is 18.1. The maximum absolute atomic E-state index is 12.6. The van der Waals surface area contributed by atoms with E-state index in [2.05, 4.69) is 38.8 Å². The number of likely N-dealkylation sites (tertiary alicyclic amines) is 2. The van der Waals surface area contributed by atoms with E-state index in [9.17, 15) is 31.1 Å². The largest absolute Gasteiger partial charge is 0.434 e. The summed E-state index contributed by atoms with van der Waals surface area (Å²) in [6.07, 6.45) is -13.2. The highest BCUT2D eigenvalue weighted by atomic mass is 19.4. The molecule has 0 aliphatic carbocycles. The first-order valence-corrected chi connectivity index (χ1v) is 11.1. The zero-order chi connectivity index (χ0) is 23.9. The third-order valence-electron chi connectivity index (χ3n) is 6.83. The van der Waals surface area contributed by atoms with Crippen molar-refractivity contribution in [3.05, 3.63) is 29.8 Å². The number of carbonyl (C=O) groups excluding carboxylic acids is 1. The van der Waals surface area contributed by atoms with Gasteiger partial charge in [-0.25, -0.2) is 4.79 Å². The Morgan fingerprint density at radius 2 is 1.58 bits per heavy atom. The normalized spacial score (nSPS) is 21.5. The van der Waals surface area contributed by atoms with Gasteiger partial charge in [0.05, 0.1) is 0 Å². The first-order chi connectivity index (χ1) is 15.5. The van der Waals surface area contributed by atoms with Crippen LogP contribution in [0.25, 0.3) is 0 Å². The number of benzene rings is 1. The molecule has 3 saturated heterocycles. The molecule has 1 spiro atoms. The van der Waals surface area contributed by atoms with Gasteiger partial charge in [0.2, 0.25) is 0 Å². The van der Waals surface area contributed by atoms with Crippen LogP contribution in [0, 0.1) is 5.41 Å². The number of rotatable bonds is 4. The lowest BCUT2D eigenvalue weighted by molar-refractivity contribution is -0.309. The fraction of sp³-hybridized carbons (Fsp3) is 0.682. The number of amides is 1. The molecule has 33 heavy (non-hydrogen) atoms. The van der Waals surface area contributed by atoms with Crippen LogP contribution in [-0.4, -0.2) is 73.6 Å². The van der Waals surface area contributed by atoms with Gasteiger partial charge in [-0.15, -0.1) is 0 Å². The van der Waals surface area contributed by atoms with Gasteiger partial charge < -0.3 is 14.5 Å². The molecule has 5 nitrogen and oxygen atoms in total. The molecule has 0 aromatic heterocycles. The topological polar surface area (TPSA) is 36.0 Å². The number of alkyl halides is 6. The average molecular weight is 479 g/mol. The summed E-state index contributed by atoms with van der Waals surface area (Å²) >= 11 is 0. The molecule has 0 atom stereocenters. The number of halogens is 6. The molecule has 3 aliphatic heterocycles. The van der Waals surface area contributed by atoms with Gasteiger partial charge in [0.1, 0.15) is 0 Å². The van der Waals surface area contributed by atoms with Crippen molar-refractivity contribution in [2.24, 2.45) is 5.41 Å². The van der Waals surface area contributed by atoms with Crippen molar-refractivity contribution in [3.63, 3.8) is 0 Å². The maximum Gasteiger partial charge on any atom is 0.434 e. The van der Waals surface area contributed by atoms with Crippen molar-refractivity contribution in [3.8, 4) is 0 Å². The average Bonchev–Trinajstić information content (AvgIpc) is 3.24. The molecule has 0 bridgehead atoms. The van der Waals surface area contributed by atoms with E-state index in [1.54, 1.807) is 0 Å². The Morgan fingerprint density at radius 3 is 2.15 bits per heavy atom. The summed E-state index contributed by atoms with van der Waals surface area (Å²) in [5, 5.41) is 0. The fourth-order valence-corrected chi connectivity index (χ4v) is 4.97. The number of anilines is 1. The van der Waals surface area contributed by atoms with Gasteiger partial charge in [-0.1, -0.05) is 12.1 Å². The van der Waals surface area contributed by atoms with Crippen LogP contribution in [0.3, 0.4) is 0 Å². The summed E-state index contributed by atoms with van der Waals surface area (Å²) in [5.74, 6) is 0. The van der Waals surface area contributed by atoms with Gasteiger partial charge in [0.15, 0.2) is 0 Å². The van der Waals surface area contributed by atoms with E-state index in [0.717, 1.165) is 50.5 Å². The molecule has 3 heterocycles. The van der Waals surface area contributed by atoms with Crippen molar-refractivity contribution in [1.29, 1.82) is 0 Å². The fourth-order valence-electron chi connectivity index (χ4n) is 4.97. The Bertz CT molecular complexity index is 823. The number of nitrogens with zero attached hydrogens (tertiary/aromatic N) is 3. The van der Waals surface area contributed by atoms with E-state index in [1.807, 2.05) is 0 Å². The molecule has 4 rings (SSSR count). The van der Waals surface area contributed by atoms with Crippen molar-refractivity contribution < 1.29 is 35.9 Å². The Balaban J connectivity index is 1.25. The Kier molecular flexibility index (Phi) is 6.45. The molecule has 3 fully saturated rings. The molecule has 0 saturated carbocycles. The minimum Gasteiger partial charge on any atom is -0.426 e. The van der Waals surface area contributed by atoms with Crippen molar-refractivity contribution in [1.82, 2.24) is 9.80 Å². The van der Waals surface area contributed by atoms with Gasteiger partial charge in [-0.05, 0) is 56.5 Å². The molecule has 1 amide bonds. The summed E-state index contributed by atoms with van der Waals surface area (Å²) in [6.45, 7) is 4.67. The highest BCUT2D eigenvalue weighted by Gasteiger charge is 2.61. The number of carbonyl (C=O) groups is 1. The van der Waals surface area contributed by atoms with Crippen LogP contribution in [0.5, 0.6) is 0 Å². The van der Waals surface area contributed by atoms with Gasteiger partial charge in [0.25, 0.3) is 6.10 Å². The van der Waals surface area contributed by atoms with E-state index < -0.39 is 24.5 Å². The predicted octanol–water partition coefficient (Wildman–Crippen LogP) is 4.81. The van der Waals surface area contributed by atoms with Crippen LogP contribution in [0.1, 0.15) is 31.2 Å². The summed E-state index contributed by atoms with van der Waals surface area (Å²) in [5.41, 5.74) is 2.17. The van der Waals surface area contributed by atoms with E-state index >= 15 is 0 Å². The minimum absolute atomic E-state index is 0.118. The second-order valence-corrected chi connectivity index (χ2v) is 9.34. The monoisotopic (exact) mass is 479 g/mol. The molecule has 184 valence electrons. The molecule has 0 radical (unpaired) electrons. The Hall–Kier alpha value is -2.17. The highest BCUT2D eigenvalue weighted by Crippen LogP contribution is 2.42. The quantitative estimate of drug-likeness (QED) is 0.581. The number of hydrogen-bond donors (Lipinski definition) is 0. The van der Waals surface area contributed by atoms with Crippen molar-refractivity contribution >= 4 is 11.8 Å². The lowest BCUT2D eigenvalue weighted by Crippen LogP contribution is -2.62. The maximum atomic E-state index is 12.6. The zero-order valence-corrected chi connectivity index (χ0v) is 18.1. The van der Waals surface area contributed by atoms with Crippen LogP contribution in [-0.2, 0) is 11.3 Å². The first-order valence-electron chi connectivity index (χ1n) is 11.1. The van der Waals surface area contributed by atoms with E-state index in [-0.39, 0.29) is 18.5 Å². The SMILES string of the molecule is O=C(OC(C(F)(F)F)C(F)(F)F)N1CC2(CCN(Cc3cccc(N4CCCC4)c3)CC2)C1. The Labute approximate surface area is 188 Å². The summed E-state index contributed by atoms with van der Waals surface area (Å²) in [4.78, 5) is 17.5. The summed E-state index contributed by atoms with van der Waals surface area (Å²) in [6, 6.07) is 8.46. The standard InChI is InChI=1S/C22H27F6N3O2/c23-21(24,25)18(22(26,27)28)33-19(32)31-14-20(15-31)6-10-29(11-7-20)13-16-4-3-5-17(12-16)30-8-1-2-9-30/h3-5,12,18H,1-2,6-11,13-15H2. The molecule has 1 aromatic carbocycles. The lowest BCUT2D eigenvalue weighted by atomic mass is 9.72. The lowest BCUT2D eigenvalue weighted by Gasteiger charge is -2.53. The highest BCUT2D eigenvalue weighted by molar-refractivity contribution is 5.69. The molecule has 11 heteroatoms. The molecular formula is C22H27F6N3O2. The molecule has 0 unspecified atom stereocenters. The van der Waals surface area contributed by atoms with Gasteiger partial charge in [0, 0.05) is 43.8 Å². The second-order valence-electron chi connectivity index (χ2n) is 9.34. The smallest absolute Gasteiger partial charge is 0.426 e. The second kappa shape index (κ2) is 8.88. The van der Waals surface area contributed by atoms with E-state index in [0.29, 0.717) is 0 Å². The summed E-state index contributed by atoms with van der Waals surface area (Å²) in [7, 11) is 0. The van der Waals surface area contributed by atoms with E-state index in [1.165, 1.54) is 24.1 Å². The van der Waals surface area contributed by atoms with Crippen molar-refractivity contribution in [2.75, 3.05) is 44.2 Å². The van der Waals surface area contributed by atoms with Crippen LogP contribution >= 0.6 is 0 Å². The van der Waals surface area contributed by atoms with Crippen LogP contribution in [0.2, 0.25) is 0 Å². The van der Waals surface area contributed by atoms with Gasteiger partial charge >= 0.3 is 18.4 Å². The Morgan fingerprint density at radius 1 is 0.970 bits per heavy atom. The molecule has 1 aromatic rings. The van der Waals surface area contributed by atoms with E-state index in [4.69, 9.17) is 0 Å². The third-order valence-corrected chi connectivity index (χ3v) is 6.83. The molecule has 0 N–H and O–H groups in total. The minimum atomic E-state index is -5.70. The molecule has 3 aliphatic rings. The molecular weight excluding hydrogens is 452 g/mol. The predicted molar refractivity (Wildman–Crippen MR) is 109 cm³/mol. The first kappa shape index (κ1) is 24.0. The summed E-state index contributed by atoms with van der Waals surface area (Å²) < 4.78 is 79.5. The number of piperidine rings is 1. The van der Waals surface area contributed by atoms with Crippen LogP contribution < -0.4 is 4.90 Å². The van der Waals surface area contributed by atoms with Crippen molar-refractivity contribution in [2.45, 2.75) is 50.7 Å². The van der Waals surface area contributed by atoms with Crippen LogP contribution in [0.15, 0.2) is 24.3 Å². The number of hydrogen-bond acceptors (Lipinski definition) is 4. The van der Waals surface area contributed by atoms with Crippen LogP contribution in [0.4, 0.5) is 36.8 Å². The van der Waals surface area contributed by atoms with Gasteiger partial charge in [-0.3, -0.25) is 4.90 Å².